The molecule has 2 aromatic carbocycles. The van der Waals surface area contributed by atoms with Gasteiger partial charge in [0.1, 0.15) is 23.4 Å². The van der Waals surface area contributed by atoms with E-state index in [1.165, 1.54) is 5.82 Å². The molecule has 3 aromatic rings. The smallest absolute Gasteiger partial charge is 0.387 e. The van der Waals surface area contributed by atoms with Gasteiger partial charge in [-0.2, -0.15) is 13.3 Å². The first-order valence-corrected chi connectivity index (χ1v) is 8.99. The number of halogens is 2. The second-order valence-electron chi connectivity index (χ2n) is 6.51. The van der Waals surface area contributed by atoms with Crippen molar-refractivity contribution in [3.05, 3.63) is 60.6 Å². The third-order valence-corrected chi connectivity index (χ3v) is 4.89. The zero-order chi connectivity index (χ0) is 18.8. The number of hydrogen-bond acceptors (Lipinski definition) is 2. The fourth-order valence-electron chi connectivity index (χ4n) is 3.60. The maximum Gasteiger partial charge on any atom is 0.387 e. The second-order valence-corrected chi connectivity index (χ2v) is 6.51. The maximum absolute atomic E-state index is 12.4. The largest absolute Gasteiger partial charge is 0.497 e. The minimum Gasteiger partial charge on any atom is -0.497 e. The number of methoxy groups -OCH3 is 1. The number of nitrogens with zero attached hydrogens (tertiary/aromatic N) is 2. The van der Waals surface area contributed by atoms with Gasteiger partial charge in [-0.3, -0.25) is 0 Å². The van der Waals surface area contributed by atoms with Crippen LogP contribution in [0.25, 0.3) is 16.9 Å². The number of aromatic nitrogens is 2. The summed E-state index contributed by atoms with van der Waals surface area (Å²) in [4.78, 5) is 0. The molecule has 0 aliphatic carbocycles. The predicted molar refractivity (Wildman–Crippen MR) is 97.5 cm³/mol. The minimum atomic E-state index is -2.81. The highest BCUT2D eigenvalue weighted by Crippen LogP contribution is 2.26. The van der Waals surface area contributed by atoms with Gasteiger partial charge in [-0.1, -0.05) is 0 Å². The molecule has 0 N–H and O–H groups in total. The summed E-state index contributed by atoms with van der Waals surface area (Å²) in [5.74, 6) is 2.23. The first kappa shape index (κ1) is 17.5. The first-order chi connectivity index (χ1) is 13.2. The van der Waals surface area contributed by atoms with E-state index >= 15 is 0 Å². The second kappa shape index (κ2) is 7.39. The lowest BCUT2D eigenvalue weighted by Crippen LogP contribution is -2.42. The summed E-state index contributed by atoms with van der Waals surface area (Å²) in [5, 5.41) is 0. The van der Waals surface area contributed by atoms with Crippen molar-refractivity contribution in [3.63, 3.8) is 0 Å². The molecular formula is C21H21F2N2O2+. The van der Waals surface area contributed by atoms with Gasteiger partial charge in [-0.25, -0.2) is 4.57 Å². The van der Waals surface area contributed by atoms with Crippen LogP contribution in [0.1, 0.15) is 18.7 Å². The van der Waals surface area contributed by atoms with E-state index in [0.717, 1.165) is 48.5 Å². The topological polar surface area (TPSA) is 27.3 Å². The van der Waals surface area contributed by atoms with Crippen LogP contribution in [0.3, 0.4) is 0 Å². The molecule has 0 bridgehead atoms. The van der Waals surface area contributed by atoms with Crippen LogP contribution in [0.4, 0.5) is 8.78 Å². The Morgan fingerprint density at radius 3 is 2.33 bits per heavy atom. The van der Waals surface area contributed by atoms with Gasteiger partial charge in [0, 0.05) is 12.0 Å². The number of alkyl halides is 2. The van der Waals surface area contributed by atoms with E-state index in [9.17, 15) is 8.78 Å². The molecule has 4 nitrogen and oxygen atoms in total. The van der Waals surface area contributed by atoms with Crippen molar-refractivity contribution in [2.75, 3.05) is 7.11 Å². The molecule has 140 valence electrons. The standard InChI is InChI=1S/C21H21F2N2O2/c1-26-17-11-7-16(8-12-17)25-14-19(24-13-3-2-4-20(24)25)15-5-9-18(10-6-15)27-21(22)23/h5-12,14,21H,2-4,13H2,1H3/q+1. The van der Waals surface area contributed by atoms with E-state index < -0.39 is 6.61 Å². The van der Waals surface area contributed by atoms with Gasteiger partial charge in [0.2, 0.25) is 0 Å². The molecule has 27 heavy (non-hydrogen) atoms. The molecule has 0 spiro atoms. The van der Waals surface area contributed by atoms with Crippen LogP contribution in [0.2, 0.25) is 0 Å². The van der Waals surface area contributed by atoms with E-state index in [-0.39, 0.29) is 5.75 Å². The van der Waals surface area contributed by atoms with Crippen molar-refractivity contribution in [1.82, 2.24) is 4.57 Å². The van der Waals surface area contributed by atoms with E-state index in [1.54, 1.807) is 19.2 Å². The van der Waals surface area contributed by atoms with Crippen LogP contribution in [0.5, 0.6) is 11.5 Å². The third kappa shape index (κ3) is 3.52. The van der Waals surface area contributed by atoms with Crippen LogP contribution in [0, 0.1) is 0 Å². The zero-order valence-corrected chi connectivity index (χ0v) is 15.1. The Morgan fingerprint density at radius 2 is 1.67 bits per heavy atom. The number of hydrogen-bond donors (Lipinski definition) is 0. The average Bonchev–Trinajstić information content (AvgIpc) is 3.08. The van der Waals surface area contributed by atoms with Crippen LogP contribution in [0.15, 0.2) is 54.7 Å². The Morgan fingerprint density at radius 1 is 0.963 bits per heavy atom. The third-order valence-electron chi connectivity index (χ3n) is 4.89. The van der Waals surface area contributed by atoms with Crippen molar-refractivity contribution in [1.29, 1.82) is 0 Å². The Hall–Kier alpha value is -2.89. The lowest BCUT2D eigenvalue weighted by Gasteiger charge is -2.11. The van der Waals surface area contributed by atoms with Crippen molar-refractivity contribution in [2.24, 2.45) is 0 Å². The van der Waals surface area contributed by atoms with Crippen molar-refractivity contribution >= 4 is 0 Å². The predicted octanol–water partition coefficient (Wildman–Crippen LogP) is 4.38. The molecule has 0 saturated carbocycles. The Bertz CT molecular complexity index is 919. The molecule has 4 rings (SSSR count). The fraction of sp³-hybridized carbons (Fsp3) is 0.286. The van der Waals surface area contributed by atoms with Crippen molar-refractivity contribution in [2.45, 2.75) is 32.4 Å². The number of fused-ring (bicyclic) bond motifs is 1. The van der Waals surface area contributed by atoms with Gasteiger partial charge in [0.05, 0.1) is 13.7 Å². The van der Waals surface area contributed by atoms with E-state index in [1.807, 2.05) is 36.4 Å². The minimum absolute atomic E-state index is 0.169. The van der Waals surface area contributed by atoms with E-state index in [4.69, 9.17) is 4.74 Å². The van der Waals surface area contributed by atoms with Gasteiger partial charge in [0.25, 0.3) is 5.82 Å². The fourth-order valence-corrected chi connectivity index (χ4v) is 3.60. The van der Waals surface area contributed by atoms with Crippen molar-refractivity contribution < 1.29 is 22.8 Å². The molecule has 0 atom stereocenters. The van der Waals surface area contributed by atoms with Gasteiger partial charge in [0.15, 0.2) is 5.69 Å². The van der Waals surface area contributed by atoms with Crippen LogP contribution >= 0.6 is 0 Å². The molecule has 0 saturated heterocycles. The van der Waals surface area contributed by atoms with Gasteiger partial charge in [-0.15, -0.1) is 0 Å². The number of rotatable bonds is 5. The summed E-state index contributed by atoms with van der Waals surface area (Å²) in [6, 6.07) is 14.8. The summed E-state index contributed by atoms with van der Waals surface area (Å²) in [6.07, 6.45) is 5.40. The number of benzene rings is 2. The summed E-state index contributed by atoms with van der Waals surface area (Å²) in [7, 11) is 1.65. The molecule has 6 heteroatoms. The molecule has 0 unspecified atom stereocenters. The van der Waals surface area contributed by atoms with Crippen LogP contribution in [-0.4, -0.2) is 18.3 Å². The monoisotopic (exact) mass is 371 g/mol. The van der Waals surface area contributed by atoms with Gasteiger partial charge < -0.3 is 9.47 Å². The summed E-state index contributed by atoms with van der Waals surface area (Å²) in [6.45, 7) is -1.86. The van der Waals surface area contributed by atoms with Gasteiger partial charge in [-0.05, 0) is 61.4 Å². The Labute approximate surface area is 156 Å². The van der Waals surface area contributed by atoms with E-state index in [2.05, 4.69) is 20.1 Å². The van der Waals surface area contributed by atoms with Crippen LogP contribution in [-0.2, 0) is 13.0 Å². The normalized spacial score (nSPS) is 13.5. The summed E-state index contributed by atoms with van der Waals surface area (Å²) >= 11 is 0. The first-order valence-electron chi connectivity index (χ1n) is 8.99. The summed E-state index contributed by atoms with van der Waals surface area (Å²) in [5.41, 5.74) is 3.13. The lowest BCUT2D eigenvalue weighted by atomic mass is 10.1. The Balaban J connectivity index is 1.74. The lowest BCUT2D eigenvalue weighted by molar-refractivity contribution is -0.698. The Kier molecular flexibility index (Phi) is 4.79. The SMILES string of the molecule is COc1ccc(-n2cc(-c3ccc(OC(F)F)cc3)[n+]3c2CCCC3)cc1. The molecule has 1 aliphatic heterocycles. The molecule has 0 radical (unpaired) electrons. The number of imidazole rings is 1. The van der Waals surface area contributed by atoms with Gasteiger partial charge >= 0.3 is 6.61 Å². The van der Waals surface area contributed by atoms with Crippen LogP contribution < -0.4 is 14.0 Å². The molecule has 0 fully saturated rings. The highest BCUT2D eigenvalue weighted by Gasteiger charge is 2.27. The molecule has 0 amide bonds. The zero-order valence-electron chi connectivity index (χ0n) is 15.1. The van der Waals surface area contributed by atoms with E-state index in [0.29, 0.717) is 0 Å². The average molecular weight is 371 g/mol. The maximum atomic E-state index is 12.4. The van der Waals surface area contributed by atoms with Crippen molar-refractivity contribution in [3.8, 4) is 28.4 Å². The highest BCUT2D eigenvalue weighted by atomic mass is 19.3. The molecule has 2 heterocycles. The number of ether oxygens (including phenoxy) is 2. The molecule has 1 aromatic heterocycles. The highest BCUT2D eigenvalue weighted by molar-refractivity contribution is 5.58. The summed E-state index contributed by atoms with van der Waals surface area (Å²) < 4.78 is 39.0. The quantitative estimate of drug-likeness (QED) is 0.623. The molecule has 1 aliphatic rings. The molecular weight excluding hydrogens is 350 g/mol.